The van der Waals surface area contributed by atoms with Gasteiger partial charge in [-0.2, -0.15) is 0 Å². The number of aryl methyl sites for hydroxylation is 1. The molecule has 0 spiro atoms. The Bertz CT molecular complexity index is 736. The lowest BCUT2D eigenvalue weighted by atomic mass is 10.1. The van der Waals surface area contributed by atoms with Gasteiger partial charge in [0.05, 0.1) is 16.9 Å². The molecule has 0 fully saturated rings. The van der Waals surface area contributed by atoms with Crippen LogP contribution in [0.3, 0.4) is 0 Å². The van der Waals surface area contributed by atoms with Crippen molar-refractivity contribution in [2.45, 2.75) is 13.8 Å². The molecule has 0 saturated heterocycles. The number of hydrogen-bond acceptors (Lipinski definition) is 3. The van der Waals surface area contributed by atoms with Gasteiger partial charge in [-0.05, 0) is 31.5 Å². The van der Waals surface area contributed by atoms with Crippen LogP contribution in [0.25, 0.3) is 0 Å². The summed E-state index contributed by atoms with van der Waals surface area (Å²) in [7, 11) is 1.74. The van der Waals surface area contributed by atoms with E-state index >= 15 is 0 Å². The molecule has 2 aromatic rings. The average molecular weight is 300 g/mol. The summed E-state index contributed by atoms with van der Waals surface area (Å²) in [6.07, 6.45) is 0. The second-order valence-corrected chi connectivity index (χ2v) is 6.25. The first-order chi connectivity index (χ1) is 10.0. The Morgan fingerprint density at radius 2 is 1.86 bits per heavy atom. The van der Waals surface area contributed by atoms with E-state index in [2.05, 4.69) is 0 Å². The molecule has 0 unspecified atom stereocenters. The number of amides is 2. The highest BCUT2D eigenvalue weighted by Crippen LogP contribution is 2.34. The van der Waals surface area contributed by atoms with Gasteiger partial charge >= 0.3 is 0 Å². The van der Waals surface area contributed by atoms with E-state index in [-0.39, 0.29) is 18.4 Å². The quantitative estimate of drug-likeness (QED) is 0.812. The molecule has 1 aliphatic heterocycles. The molecule has 2 heterocycles. The fourth-order valence-corrected chi connectivity index (χ4v) is 3.35. The summed E-state index contributed by atoms with van der Waals surface area (Å²) in [5.41, 5.74) is 3.23. The van der Waals surface area contributed by atoms with Gasteiger partial charge in [0.25, 0.3) is 5.91 Å². The molecule has 21 heavy (non-hydrogen) atoms. The number of thiophene rings is 1. The standard InChI is InChI=1S/C16H16N2O2S/c1-10-11(2)21-9-12(10)16(20)18-8-15(19)17(3)13-6-4-5-7-14(13)18/h4-7,9H,8H2,1-3H3. The maximum absolute atomic E-state index is 12.8. The summed E-state index contributed by atoms with van der Waals surface area (Å²) in [5.74, 6) is -0.183. The van der Waals surface area contributed by atoms with Gasteiger partial charge < -0.3 is 4.90 Å². The monoisotopic (exact) mass is 300 g/mol. The van der Waals surface area contributed by atoms with Gasteiger partial charge in [0.2, 0.25) is 5.91 Å². The first-order valence-corrected chi connectivity index (χ1v) is 7.61. The van der Waals surface area contributed by atoms with E-state index in [1.165, 1.54) is 0 Å². The Kier molecular flexibility index (Phi) is 3.29. The third-order valence-corrected chi connectivity index (χ3v) is 4.98. The number of para-hydroxylation sites is 2. The Hall–Kier alpha value is -2.14. The Morgan fingerprint density at radius 1 is 1.19 bits per heavy atom. The van der Waals surface area contributed by atoms with E-state index in [0.717, 1.165) is 21.8 Å². The number of anilines is 2. The molecule has 0 radical (unpaired) electrons. The number of nitrogens with zero attached hydrogens (tertiary/aromatic N) is 2. The van der Waals surface area contributed by atoms with Crippen LogP contribution in [0.1, 0.15) is 20.8 Å². The molecule has 1 aromatic carbocycles. The third-order valence-electron chi connectivity index (χ3n) is 3.96. The predicted molar refractivity (Wildman–Crippen MR) is 85.3 cm³/mol. The van der Waals surface area contributed by atoms with Crippen LogP contribution in [0.15, 0.2) is 29.6 Å². The van der Waals surface area contributed by atoms with Crippen LogP contribution in [-0.4, -0.2) is 25.4 Å². The smallest absolute Gasteiger partial charge is 0.259 e. The van der Waals surface area contributed by atoms with Gasteiger partial charge in [-0.25, -0.2) is 0 Å². The van der Waals surface area contributed by atoms with Gasteiger partial charge in [0, 0.05) is 17.3 Å². The van der Waals surface area contributed by atoms with E-state index in [1.807, 2.05) is 43.5 Å². The number of likely N-dealkylation sites (N-methyl/N-ethyl adjacent to an activating group) is 1. The second-order valence-electron chi connectivity index (χ2n) is 5.16. The van der Waals surface area contributed by atoms with Gasteiger partial charge in [-0.1, -0.05) is 12.1 Å². The lowest BCUT2D eigenvalue weighted by Gasteiger charge is -2.34. The molecule has 5 heteroatoms. The maximum Gasteiger partial charge on any atom is 0.259 e. The van der Waals surface area contributed by atoms with Crippen molar-refractivity contribution >= 4 is 34.5 Å². The number of carbonyl (C=O) groups is 2. The molecule has 0 bridgehead atoms. The van der Waals surface area contributed by atoms with Crippen LogP contribution in [0.5, 0.6) is 0 Å². The van der Waals surface area contributed by atoms with Crippen LogP contribution in [0.4, 0.5) is 11.4 Å². The first-order valence-electron chi connectivity index (χ1n) is 6.73. The van der Waals surface area contributed by atoms with Gasteiger partial charge in [0.1, 0.15) is 6.54 Å². The molecule has 2 amide bonds. The molecule has 0 saturated carbocycles. The average Bonchev–Trinajstić information content (AvgIpc) is 2.82. The topological polar surface area (TPSA) is 40.6 Å². The van der Waals surface area contributed by atoms with Crippen molar-refractivity contribution in [1.82, 2.24) is 0 Å². The zero-order valence-corrected chi connectivity index (χ0v) is 13.0. The van der Waals surface area contributed by atoms with Crippen molar-refractivity contribution < 1.29 is 9.59 Å². The first kappa shape index (κ1) is 13.8. The van der Waals surface area contributed by atoms with Crippen molar-refractivity contribution in [1.29, 1.82) is 0 Å². The van der Waals surface area contributed by atoms with E-state index < -0.39 is 0 Å². The molecular formula is C16H16N2O2S. The summed E-state index contributed by atoms with van der Waals surface area (Å²) in [6.45, 7) is 4.03. The van der Waals surface area contributed by atoms with Gasteiger partial charge in [-0.3, -0.25) is 14.5 Å². The van der Waals surface area contributed by atoms with Gasteiger partial charge in [-0.15, -0.1) is 11.3 Å². The van der Waals surface area contributed by atoms with Crippen molar-refractivity contribution in [2.75, 3.05) is 23.4 Å². The Balaban J connectivity index is 2.07. The van der Waals surface area contributed by atoms with Crippen LogP contribution >= 0.6 is 11.3 Å². The molecule has 3 rings (SSSR count). The minimum absolute atomic E-state index is 0.0772. The highest BCUT2D eigenvalue weighted by atomic mass is 32.1. The highest BCUT2D eigenvalue weighted by molar-refractivity contribution is 7.10. The SMILES string of the molecule is Cc1scc(C(=O)N2CC(=O)N(C)c3ccccc32)c1C. The predicted octanol–water partition coefficient (Wildman–Crippen LogP) is 2.99. The fraction of sp³-hybridized carbons (Fsp3) is 0.250. The number of rotatable bonds is 1. The molecule has 0 N–H and O–H groups in total. The van der Waals surface area contributed by atoms with E-state index in [0.29, 0.717) is 5.56 Å². The zero-order valence-electron chi connectivity index (χ0n) is 12.2. The molecule has 0 atom stereocenters. The summed E-state index contributed by atoms with van der Waals surface area (Å²) >= 11 is 1.56. The number of fused-ring (bicyclic) bond motifs is 1. The normalized spacial score (nSPS) is 14.3. The molecule has 0 aliphatic carbocycles. The van der Waals surface area contributed by atoms with Crippen LogP contribution in [0.2, 0.25) is 0 Å². The summed E-state index contributed by atoms with van der Waals surface area (Å²) in [6, 6.07) is 7.49. The van der Waals surface area contributed by atoms with Crippen molar-refractivity contribution in [2.24, 2.45) is 0 Å². The fourth-order valence-electron chi connectivity index (χ4n) is 2.49. The highest BCUT2D eigenvalue weighted by Gasteiger charge is 2.31. The van der Waals surface area contributed by atoms with E-state index in [1.54, 1.807) is 28.2 Å². The summed E-state index contributed by atoms with van der Waals surface area (Å²) in [4.78, 5) is 29.2. The molecule has 1 aliphatic rings. The van der Waals surface area contributed by atoms with Crippen LogP contribution in [0, 0.1) is 13.8 Å². The largest absolute Gasteiger partial charge is 0.312 e. The molecular weight excluding hydrogens is 284 g/mol. The van der Waals surface area contributed by atoms with Gasteiger partial charge in [0.15, 0.2) is 0 Å². The third kappa shape index (κ3) is 2.14. The molecule has 108 valence electrons. The number of carbonyl (C=O) groups excluding carboxylic acids is 2. The van der Waals surface area contributed by atoms with Crippen molar-refractivity contribution in [3.8, 4) is 0 Å². The Labute approximate surface area is 127 Å². The lowest BCUT2D eigenvalue weighted by molar-refractivity contribution is -0.117. The Morgan fingerprint density at radius 3 is 2.48 bits per heavy atom. The van der Waals surface area contributed by atoms with Crippen molar-refractivity contribution in [3.63, 3.8) is 0 Å². The summed E-state index contributed by atoms with van der Waals surface area (Å²) < 4.78 is 0. The number of benzene rings is 1. The maximum atomic E-state index is 12.8. The lowest BCUT2D eigenvalue weighted by Crippen LogP contribution is -2.46. The van der Waals surface area contributed by atoms with Crippen LogP contribution in [-0.2, 0) is 4.79 Å². The summed E-state index contributed by atoms with van der Waals surface area (Å²) in [5, 5.41) is 1.87. The molecule has 1 aromatic heterocycles. The molecule has 4 nitrogen and oxygen atoms in total. The minimum atomic E-state index is -0.106. The zero-order chi connectivity index (χ0) is 15.1. The van der Waals surface area contributed by atoms with Crippen LogP contribution < -0.4 is 9.80 Å². The van der Waals surface area contributed by atoms with Crippen molar-refractivity contribution in [3.05, 3.63) is 45.6 Å². The minimum Gasteiger partial charge on any atom is -0.312 e. The number of hydrogen-bond donors (Lipinski definition) is 0. The second kappa shape index (κ2) is 5.00. The van der Waals surface area contributed by atoms with E-state index in [9.17, 15) is 9.59 Å². The van der Waals surface area contributed by atoms with E-state index in [4.69, 9.17) is 0 Å².